The van der Waals surface area contributed by atoms with Crippen LogP contribution in [0.2, 0.25) is 0 Å². The number of rotatable bonds is 1. The van der Waals surface area contributed by atoms with E-state index in [0.29, 0.717) is 3.57 Å². The van der Waals surface area contributed by atoms with E-state index in [1.54, 1.807) is 18.2 Å². The van der Waals surface area contributed by atoms with Crippen LogP contribution in [0, 0.1) is 3.57 Å². The molecule has 0 aromatic heterocycles. The van der Waals surface area contributed by atoms with E-state index in [-0.39, 0.29) is 10.4 Å². The first-order valence-electron chi connectivity index (χ1n) is 2.74. The Balaban J connectivity index is 0.00000121. The van der Waals surface area contributed by atoms with Gasteiger partial charge in [-0.2, -0.15) is 8.42 Å². The number of hydrogen-bond donors (Lipinski definition) is 1. The van der Waals surface area contributed by atoms with Gasteiger partial charge < -0.3 is 5.48 Å². The molecule has 4 nitrogen and oxygen atoms in total. The Morgan fingerprint density at radius 3 is 2.08 bits per heavy atom. The summed E-state index contributed by atoms with van der Waals surface area (Å²) in [5, 5.41) is 0. The lowest BCUT2D eigenvalue weighted by Crippen LogP contribution is -1.99. The van der Waals surface area contributed by atoms with Gasteiger partial charge in [0.05, 0.1) is 0 Å². The van der Waals surface area contributed by atoms with Gasteiger partial charge in [-0.05, 0) is 34.7 Å². The lowest BCUT2D eigenvalue weighted by molar-refractivity contribution is 0.482. The SMILES string of the molecule is O.O=S(=O)(O)c1ccccc1I. The Hall–Kier alpha value is -0.180. The van der Waals surface area contributed by atoms with Crippen molar-refractivity contribution in [2.24, 2.45) is 0 Å². The fourth-order valence-electron chi connectivity index (χ4n) is 0.654. The van der Waals surface area contributed by atoms with Gasteiger partial charge in [-0.15, -0.1) is 0 Å². The highest BCUT2D eigenvalue weighted by Crippen LogP contribution is 2.16. The Morgan fingerprint density at radius 2 is 1.75 bits per heavy atom. The summed E-state index contributed by atoms with van der Waals surface area (Å²) in [5.74, 6) is 0. The van der Waals surface area contributed by atoms with Crippen LogP contribution in [0.25, 0.3) is 0 Å². The molecule has 1 aromatic carbocycles. The Kier molecular flexibility index (Phi) is 4.11. The summed E-state index contributed by atoms with van der Waals surface area (Å²) in [6, 6.07) is 6.24. The molecule has 0 amide bonds. The van der Waals surface area contributed by atoms with E-state index in [0.717, 1.165) is 0 Å². The second kappa shape index (κ2) is 4.17. The summed E-state index contributed by atoms with van der Waals surface area (Å²) < 4.78 is 30.4. The highest BCUT2D eigenvalue weighted by atomic mass is 127. The predicted octanol–water partition coefficient (Wildman–Crippen LogP) is 0.713. The third kappa shape index (κ3) is 2.70. The largest absolute Gasteiger partial charge is 0.412 e. The molecular formula is C6H7IO4S. The molecule has 0 aliphatic heterocycles. The smallest absolute Gasteiger partial charge is 0.295 e. The van der Waals surface area contributed by atoms with Crippen molar-refractivity contribution >= 4 is 32.7 Å². The summed E-state index contributed by atoms with van der Waals surface area (Å²) in [5.41, 5.74) is 0. The van der Waals surface area contributed by atoms with Gasteiger partial charge in [0.25, 0.3) is 10.1 Å². The average molecular weight is 302 g/mol. The lowest BCUT2D eigenvalue weighted by atomic mass is 10.4. The first-order valence-corrected chi connectivity index (χ1v) is 5.26. The standard InChI is InChI=1S/C6H5IO3S.H2O/c7-5-3-1-2-4-6(5)11(8,9)10;/h1-4H,(H,8,9,10);1H2. The molecule has 1 aromatic rings. The van der Waals surface area contributed by atoms with E-state index in [1.165, 1.54) is 6.07 Å². The monoisotopic (exact) mass is 302 g/mol. The van der Waals surface area contributed by atoms with Crippen LogP contribution in [0.4, 0.5) is 0 Å². The van der Waals surface area contributed by atoms with Crippen LogP contribution in [0.5, 0.6) is 0 Å². The maximum absolute atomic E-state index is 10.6. The zero-order valence-electron chi connectivity index (χ0n) is 5.86. The van der Waals surface area contributed by atoms with Crippen molar-refractivity contribution in [2.75, 3.05) is 0 Å². The summed E-state index contributed by atoms with van der Waals surface area (Å²) in [4.78, 5) is -0.0411. The summed E-state index contributed by atoms with van der Waals surface area (Å²) in [6.45, 7) is 0. The Bertz CT molecular complexity index is 360. The van der Waals surface area contributed by atoms with Crippen LogP contribution in [0.15, 0.2) is 29.2 Å². The molecule has 0 saturated carbocycles. The van der Waals surface area contributed by atoms with Crippen LogP contribution in [-0.2, 0) is 10.1 Å². The highest BCUT2D eigenvalue weighted by molar-refractivity contribution is 14.1. The predicted molar refractivity (Wildman–Crippen MR) is 52.6 cm³/mol. The van der Waals surface area contributed by atoms with Gasteiger partial charge in [-0.3, -0.25) is 4.55 Å². The van der Waals surface area contributed by atoms with Crippen molar-refractivity contribution in [3.8, 4) is 0 Å². The molecular weight excluding hydrogens is 295 g/mol. The third-order valence-corrected chi connectivity index (χ3v) is 3.33. The minimum Gasteiger partial charge on any atom is -0.412 e. The van der Waals surface area contributed by atoms with Gasteiger partial charge in [0.2, 0.25) is 0 Å². The van der Waals surface area contributed by atoms with E-state index in [2.05, 4.69) is 0 Å². The normalized spacial score (nSPS) is 10.5. The van der Waals surface area contributed by atoms with E-state index < -0.39 is 10.1 Å². The van der Waals surface area contributed by atoms with Crippen LogP contribution in [0.1, 0.15) is 0 Å². The third-order valence-electron chi connectivity index (χ3n) is 1.11. The molecule has 0 heterocycles. The fraction of sp³-hybridized carbons (Fsp3) is 0. The van der Waals surface area contributed by atoms with Gasteiger partial charge in [0.15, 0.2) is 0 Å². The van der Waals surface area contributed by atoms with Crippen LogP contribution >= 0.6 is 22.6 Å². The fourth-order valence-corrected chi connectivity index (χ4v) is 2.44. The van der Waals surface area contributed by atoms with Crippen LogP contribution < -0.4 is 0 Å². The molecule has 0 atom stereocenters. The quantitative estimate of drug-likeness (QED) is 0.612. The Labute approximate surface area is 83.8 Å². The van der Waals surface area contributed by atoms with Gasteiger partial charge >= 0.3 is 0 Å². The van der Waals surface area contributed by atoms with Gasteiger partial charge in [-0.25, -0.2) is 0 Å². The van der Waals surface area contributed by atoms with Crippen molar-refractivity contribution in [2.45, 2.75) is 4.90 Å². The molecule has 1 rings (SSSR count). The molecule has 0 aliphatic carbocycles. The lowest BCUT2D eigenvalue weighted by Gasteiger charge is -1.97. The van der Waals surface area contributed by atoms with Gasteiger partial charge in [0.1, 0.15) is 4.90 Å². The molecule has 68 valence electrons. The van der Waals surface area contributed by atoms with Crippen LogP contribution in [0.3, 0.4) is 0 Å². The molecule has 0 fully saturated rings. The van der Waals surface area contributed by atoms with Crippen molar-refractivity contribution in [3.05, 3.63) is 27.8 Å². The minimum absolute atomic E-state index is 0. The van der Waals surface area contributed by atoms with Gasteiger partial charge in [0, 0.05) is 3.57 Å². The Morgan fingerprint density at radius 1 is 1.25 bits per heavy atom. The molecule has 0 unspecified atom stereocenters. The van der Waals surface area contributed by atoms with Crippen molar-refractivity contribution < 1.29 is 18.4 Å². The molecule has 0 aliphatic rings. The van der Waals surface area contributed by atoms with E-state index in [9.17, 15) is 8.42 Å². The first kappa shape index (κ1) is 11.8. The number of halogens is 1. The highest BCUT2D eigenvalue weighted by Gasteiger charge is 2.11. The van der Waals surface area contributed by atoms with Crippen molar-refractivity contribution in [1.29, 1.82) is 0 Å². The first-order chi connectivity index (χ1) is 5.02. The van der Waals surface area contributed by atoms with Crippen molar-refractivity contribution in [1.82, 2.24) is 0 Å². The summed E-state index contributed by atoms with van der Waals surface area (Å²) in [7, 11) is -4.04. The maximum atomic E-state index is 10.6. The molecule has 0 bridgehead atoms. The number of hydrogen-bond acceptors (Lipinski definition) is 2. The maximum Gasteiger partial charge on any atom is 0.295 e. The second-order valence-corrected chi connectivity index (χ2v) is 4.46. The summed E-state index contributed by atoms with van der Waals surface area (Å²) >= 11 is 1.85. The molecule has 0 spiro atoms. The molecule has 0 radical (unpaired) electrons. The minimum atomic E-state index is -4.04. The van der Waals surface area contributed by atoms with E-state index >= 15 is 0 Å². The zero-order chi connectivity index (χ0) is 8.48. The van der Waals surface area contributed by atoms with Gasteiger partial charge in [-0.1, -0.05) is 12.1 Å². The van der Waals surface area contributed by atoms with Crippen LogP contribution in [-0.4, -0.2) is 18.4 Å². The molecule has 12 heavy (non-hydrogen) atoms. The molecule has 3 N–H and O–H groups in total. The molecule has 0 saturated heterocycles. The second-order valence-electron chi connectivity index (χ2n) is 1.91. The van der Waals surface area contributed by atoms with E-state index in [4.69, 9.17) is 4.55 Å². The average Bonchev–Trinajstić information content (AvgIpc) is 1.86. The van der Waals surface area contributed by atoms with Crippen molar-refractivity contribution in [3.63, 3.8) is 0 Å². The zero-order valence-corrected chi connectivity index (χ0v) is 8.83. The summed E-state index contributed by atoms with van der Waals surface area (Å²) in [6.07, 6.45) is 0. The number of benzene rings is 1. The topological polar surface area (TPSA) is 85.9 Å². The van der Waals surface area contributed by atoms with E-state index in [1.807, 2.05) is 22.6 Å². The molecule has 6 heteroatoms.